The van der Waals surface area contributed by atoms with E-state index in [1.54, 1.807) is 30.3 Å². The van der Waals surface area contributed by atoms with Crippen molar-refractivity contribution in [2.45, 2.75) is 12.5 Å². The van der Waals surface area contributed by atoms with E-state index < -0.39 is 23.1 Å². The Morgan fingerprint density at radius 1 is 1.10 bits per heavy atom. The lowest BCUT2D eigenvalue weighted by Gasteiger charge is -2.28. The van der Waals surface area contributed by atoms with Gasteiger partial charge in [0.15, 0.2) is 5.54 Å². The molecular weight excluding hydrogens is 264 g/mol. The average Bonchev–Trinajstić information content (AvgIpc) is 2.38. The molecule has 0 spiro atoms. The zero-order valence-corrected chi connectivity index (χ0v) is 10.7. The molecule has 0 radical (unpaired) electrons. The third-order valence-electron chi connectivity index (χ3n) is 3.04. The van der Waals surface area contributed by atoms with Crippen LogP contribution >= 0.6 is 0 Å². The molecule has 0 aromatic heterocycles. The smallest absolute Gasteiger partial charge is 0.333 e. The molecule has 0 amide bonds. The molecule has 0 aliphatic carbocycles. The highest BCUT2D eigenvalue weighted by molar-refractivity contribution is 5.84. The third-order valence-corrected chi connectivity index (χ3v) is 3.04. The van der Waals surface area contributed by atoms with Gasteiger partial charge < -0.3 is 10.4 Å². The molecule has 0 aliphatic heterocycles. The van der Waals surface area contributed by atoms with E-state index in [0.29, 0.717) is 11.8 Å². The molecule has 0 aliphatic rings. The predicted molar refractivity (Wildman–Crippen MR) is 71.4 cm³/mol. The summed E-state index contributed by atoms with van der Waals surface area (Å²) in [6.07, 6.45) is 0. The molecule has 1 unspecified atom stereocenters. The van der Waals surface area contributed by atoms with Gasteiger partial charge in [0.05, 0.1) is 0 Å². The lowest BCUT2D eigenvalue weighted by Crippen LogP contribution is -2.40. The van der Waals surface area contributed by atoms with E-state index in [-0.39, 0.29) is 5.56 Å². The van der Waals surface area contributed by atoms with Gasteiger partial charge in [-0.25, -0.2) is 13.6 Å². The van der Waals surface area contributed by atoms with Crippen LogP contribution < -0.4 is 5.32 Å². The van der Waals surface area contributed by atoms with Gasteiger partial charge in [0.2, 0.25) is 0 Å². The Labute approximate surface area is 114 Å². The number of para-hydroxylation sites is 1. The minimum Gasteiger partial charge on any atom is -0.479 e. The molecule has 0 saturated heterocycles. The van der Waals surface area contributed by atoms with Crippen molar-refractivity contribution in [1.82, 2.24) is 0 Å². The summed E-state index contributed by atoms with van der Waals surface area (Å²) in [6, 6.07) is 11.3. The average molecular weight is 277 g/mol. The molecule has 0 heterocycles. The molecule has 5 heteroatoms. The molecule has 0 saturated carbocycles. The lowest BCUT2D eigenvalue weighted by molar-refractivity contribution is -0.142. The SMILES string of the molecule is CC(Nc1ccccc1)(C(=O)O)c1cc(F)cc(F)c1. The van der Waals surface area contributed by atoms with Gasteiger partial charge >= 0.3 is 5.97 Å². The maximum absolute atomic E-state index is 13.3. The maximum Gasteiger partial charge on any atom is 0.333 e. The first-order valence-electron chi connectivity index (χ1n) is 5.95. The highest BCUT2D eigenvalue weighted by atomic mass is 19.1. The molecule has 0 fully saturated rings. The molecule has 2 aromatic carbocycles. The van der Waals surface area contributed by atoms with Crippen LogP contribution in [0.4, 0.5) is 14.5 Å². The van der Waals surface area contributed by atoms with Crippen molar-refractivity contribution in [3.05, 3.63) is 65.7 Å². The fraction of sp³-hybridized carbons (Fsp3) is 0.133. The van der Waals surface area contributed by atoms with E-state index in [4.69, 9.17) is 0 Å². The molecule has 104 valence electrons. The lowest BCUT2D eigenvalue weighted by atomic mass is 9.91. The first kappa shape index (κ1) is 14.0. The molecule has 0 bridgehead atoms. The number of hydrogen-bond donors (Lipinski definition) is 2. The zero-order valence-electron chi connectivity index (χ0n) is 10.7. The number of carboxylic acids is 1. The number of nitrogens with one attached hydrogen (secondary N) is 1. The molecule has 20 heavy (non-hydrogen) atoms. The Bertz CT molecular complexity index is 611. The highest BCUT2D eigenvalue weighted by Gasteiger charge is 2.36. The van der Waals surface area contributed by atoms with Crippen LogP contribution in [-0.4, -0.2) is 11.1 Å². The van der Waals surface area contributed by atoms with Crippen LogP contribution in [0.5, 0.6) is 0 Å². The molecule has 2 rings (SSSR count). The topological polar surface area (TPSA) is 49.3 Å². The number of carbonyl (C=O) groups is 1. The van der Waals surface area contributed by atoms with Gasteiger partial charge in [-0.15, -0.1) is 0 Å². The van der Waals surface area contributed by atoms with Crippen LogP contribution in [0.3, 0.4) is 0 Å². The second-order valence-electron chi connectivity index (χ2n) is 4.58. The van der Waals surface area contributed by atoms with Crippen molar-refractivity contribution in [3.63, 3.8) is 0 Å². The van der Waals surface area contributed by atoms with Crippen molar-refractivity contribution < 1.29 is 18.7 Å². The van der Waals surface area contributed by atoms with E-state index >= 15 is 0 Å². The summed E-state index contributed by atoms with van der Waals surface area (Å²) in [4.78, 5) is 11.5. The van der Waals surface area contributed by atoms with Crippen LogP contribution in [0.25, 0.3) is 0 Å². The summed E-state index contributed by atoms with van der Waals surface area (Å²) in [6.45, 7) is 1.36. The van der Waals surface area contributed by atoms with Crippen molar-refractivity contribution >= 4 is 11.7 Å². The number of carboxylic acid groups (broad SMARTS) is 1. The van der Waals surface area contributed by atoms with Crippen LogP contribution in [-0.2, 0) is 10.3 Å². The number of rotatable bonds is 4. The quantitative estimate of drug-likeness (QED) is 0.900. The Kier molecular flexibility index (Phi) is 3.70. The Hall–Kier alpha value is -2.43. The highest BCUT2D eigenvalue weighted by Crippen LogP contribution is 2.27. The van der Waals surface area contributed by atoms with Gasteiger partial charge in [-0.3, -0.25) is 0 Å². The second kappa shape index (κ2) is 5.28. The summed E-state index contributed by atoms with van der Waals surface area (Å²) in [5.74, 6) is -2.86. The summed E-state index contributed by atoms with van der Waals surface area (Å²) >= 11 is 0. The summed E-state index contributed by atoms with van der Waals surface area (Å²) < 4.78 is 26.6. The van der Waals surface area contributed by atoms with Crippen LogP contribution in [0, 0.1) is 11.6 Å². The predicted octanol–water partition coefficient (Wildman–Crippen LogP) is 3.38. The van der Waals surface area contributed by atoms with Gasteiger partial charge in [0.25, 0.3) is 0 Å². The maximum atomic E-state index is 13.3. The fourth-order valence-corrected chi connectivity index (χ4v) is 1.90. The van der Waals surface area contributed by atoms with Crippen molar-refractivity contribution in [3.8, 4) is 0 Å². The van der Waals surface area contributed by atoms with Crippen LogP contribution in [0.15, 0.2) is 48.5 Å². The Morgan fingerprint density at radius 2 is 1.65 bits per heavy atom. The van der Waals surface area contributed by atoms with Gasteiger partial charge in [-0.05, 0) is 36.8 Å². The minimum atomic E-state index is -1.63. The number of benzene rings is 2. The Balaban J connectivity index is 2.46. The van der Waals surface area contributed by atoms with E-state index in [9.17, 15) is 18.7 Å². The van der Waals surface area contributed by atoms with Gasteiger partial charge in [0.1, 0.15) is 11.6 Å². The van der Waals surface area contributed by atoms with Crippen molar-refractivity contribution in [2.24, 2.45) is 0 Å². The standard InChI is InChI=1S/C15H13F2NO2/c1-15(14(19)20,18-13-5-3-2-4-6-13)10-7-11(16)9-12(17)8-10/h2-9,18H,1H3,(H,19,20). The minimum absolute atomic E-state index is 0.00588. The van der Waals surface area contributed by atoms with E-state index in [2.05, 4.69) is 5.32 Å². The van der Waals surface area contributed by atoms with E-state index in [1.165, 1.54) is 6.92 Å². The van der Waals surface area contributed by atoms with Gasteiger partial charge in [-0.2, -0.15) is 0 Å². The number of anilines is 1. The largest absolute Gasteiger partial charge is 0.479 e. The van der Waals surface area contributed by atoms with Crippen molar-refractivity contribution in [2.75, 3.05) is 5.32 Å². The normalized spacial score (nSPS) is 13.6. The second-order valence-corrected chi connectivity index (χ2v) is 4.58. The molecule has 2 N–H and O–H groups in total. The molecular formula is C15H13F2NO2. The third kappa shape index (κ3) is 2.77. The fourth-order valence-electron chi connectivity index (χ4n) is 1.90. The van der Waals surface area contributed by atoms with E-state index in [0.717, 1.165) is 12.1 Å². The van der Waals surface area contributed by atoms with Crippen LogP contribution in [0.2, 0.25) is 0 Å². The van der Waals surface area contributed by atoms with Gasteiger partial charge in [0, 0.05) is 11.8 Å². The molecule has 1 atom stereocenters. The monoisotopic (exact) mass is 277 g/mol. The molecule has 2 aromatic rings. The molecule has 3 nitrogen and oxygen atoms in total. The first-order valence-corrected chi connectivity index (χ1v) is 5.95. The summed E-state index contributed by atoms with van der Waals surface area (Å²) in [5.41, 5.74) is -1.09. The number of hydrogen-bond acceptors (Lipinski definition) is 2. The van der Waals surface area contributed by atoms with Crippen LogP contribution in [0.1, 0.15) is 12.5 Å². The zero-order chi connectivity index (χ0) is 14.8. The summed E-state index contributed by atoms with van der Waals surface area (Å²) in [7, 11) is 0. The first-order chi connectivity index (χ1) is 9.41. The summed E-state index contributed by atoms with van der Waals surface area (Å²) in [5, 5.41) is 12.2. The Morgan fingerprint density at radius 3 is 2.15 bits per heavy atom. The number of aliphatic carboxylic acids is 1. The van der Waals surface area contributed by atoms with Crippen molar-refractivity contribution in [1.29, 1.82) is 0 Å². The van der Waals surface area contributed by atoms with E-state index in [1.807, 2.05) is 0 Å². The van der Waals surface area contributed by atoms with Gasteiger partial charge in [-0.1, -0.05) is 18.2 Å². The number of halogens is 2.